The van der Waals surface area contributed by atoms with Gasteiger partial charge in [0.1, 0.15) is 5.41 Å². The SMILES string of the molecule is CC(C)(C)C1CCC2(CC1)[C@@H](C#N)[C@@]2(C#N)C(=O)c1ccccc1. The highest BCUT2D eigenvalue weighted by atomic mass is 16.1. The molecule has 3 nitrogen and oxygen atoms in total. The van der Waals surface area contributed by atoms with Crippen LogP contribution in [0.4, 0.5) is 0 Å². The molecule has 1 spiro atoms. The zero-order valence-electron chi connectivity index (χ0n) is 14.7. The van der Waals surface area contributed by atoms with Gasteiger partial charge in [-0.1, -0.05) is 51.1 Å². The van der Waals surface area contributed by atoms with Crippen molar-refractivity contribution in [2.75, 3.05) is 0 Å². The molecule has 0 aromatic heterocycles. The van der Waals surface area contributed by atoms with Gasteiger partial charge in [-0.3, -0.25) is 4.79 Å². The summed E-state index contributed by atoms with van der Waals surface area (Å²) < 4.78 is 0. The van der Waals surface area contributed by atoms with E-state index in [1.807, 2.05) is 18.2 Å². The van der Waals surface area contributed by atoms with E-state index >= 15 is 0 Å². The lowest BCUT2D eigenvalue weighted by molar-refractivity contribution is 0.0844. The normalized spacial score (nSPS) is 35.0. The number of carbonyl (C=O) groups excluding carboxylic acids is 1. The van der Waals surface area contributed by atoms with Crippen LogP contribution < -0.4 is 0 Å². The first-order valence-corrected chi connectivity index (χ1v) is 8.74. The van der Waals surface area contributed by atoms with Gasteiger partial charge in [-0.05, 0) is 37.0 Å². The Labute approximate surface area is 144 Å². The number of rotatable bonds is 2. The molecule has 0 unspecified atom stereocenters. The van der Waals surface area contributed by atoms with E-state index < -0.39 is 16.7 Å². The Morgan fingerprint density at radius 1 is 1.12 bits per heavy atom. The van der Waals surface area contributed by atoms with Crippen LogP contribution in [0.5, 0.6) is 0 Å². The second kappa shape index (κ2) is 5.45. The molecule has 2 fully saturated rings. The van der Waals surface area contributed by atoms with Crippen LogP contribution in [0, 0.1) is 50.7 Å². The number of ketones is 1. The third kappa shape index (κ3) is 2.11. The molecule has 3 heteroatoms. The summed E-state index contributed by atoms with van der Waals surface area (Å²) >= 11 is 0. The fourth-order valence-electron chi connectivity index (χ4n) is 4.90. The smallest absolute Gasteiger partial charge is 0.185 e. The van der Waals surface area contributed by atoms with Crippen molar-refractivity contribution in [3.63, 3.8) is 0 Å². The third-order valence-corrected chi connectivity index (χ3v) is 6.49. The average molecular weight is 320 g/mol. The molecule has 2 aliphatic rings. The summed E-state index contributed by atoms with van der Waals surface area (Å²) in [5.41, 5.74) is -0.803. The molecular formula is C21H24N2O. The monoisotopic (exact) mass is 320 g/mol. The van der Waals surface area contributed by atoms with Crippen molar-refractivity contribution in [1.29, 1.82) is 10.5 Å². The van der Waals surface area contributed by atoms with Crippen LogP contribution in [0.1, 0.15) is 56.8 Å². The van der Waals surface area contributed by atoms with E-state index in [4.69, 9.17) is 0 Å². The Kier molecular flexibility index (Phi) is 3.80. The molecule has 0 radical (unpaired) electrons. The molecule has 1 aromatic rings. The molecule has 2 atom stereocenters. The molecule has 0 saturated heterocycles. The molecule has 3 rings (SSSR count). The number of nitrogens with zero attached hydrogens (tertiary/aromatic N) is 2. The van der Waals surface area contributed by atoms with Crippen LogP contribution in [0.3, 0.4) is 0 Å². The number of carbonyl (C=O) groups is 1. The zero-order valence-corrected chi connectivity index (χ0v) is 14.7. The first kappa shape index (κ1) is 16.7. The van der Waals surface area contributed by atoms with Crippen molar-refractivity contribution in [3.05, 3.63) is 35.9 Å². The molecule has 1 aromatic carbocycles. The van der Waals surface area contributed by atoms with Gasteiger partial charge in [0.05, 0.1) is 18.1 Å². The first-order valence-electron chi connectivity index (χ1n) is 8.74. The van der Waals surface area contributed by atoms with Gasteiger partial charge < -0.3 is 0 Å². The minimum Gasteiger partial charge on any atom is -0.292 e. The van der Waals surface area contributed by atoms with Crippen LogP contribution in [-0.4, -0.2) is 5.78 Å². The van der Waals surface area contributed by atoms with Gasteiger partial charge in [0.25, 0.3) is 0 Å². The lowest BCUT2D eigenvalue weighted by Gasteiger charge is -2.38. The molecule has 2 saturated carbocycles. The quantitative estimate of drug-likeness (QED) is 0.738. The van der Waals surface area contributed by atoms with Gasteiger partial charge >= 0.3 is 0 Å². The maximum atomic E-state index is 13.1. The topological polar surface area (TPSA) is 64.7 Å². The van der Waals surface area contributed by atoms with Gasteiger partial charge in [0.2, 0.25) is 0 Å². The molecule has 2 aliphatic carbocycles. The van der Waals surface area contributed by atoms with E-state index in [0.29, 0.717) is 11.5 Å². The summed E-state index contributed by atoms with van der Waals surface area (Å²) in [6, 6.07) is 13.6. The predicted octanol–water partition coefficient (Wildman–Crippen LogP) is 4.76. The number of benzene rings is 1. The molecule has 0 aliphatic heterocycles. The summed E-state index contributed by atoms with van der Waals surface area (Å²) in [6.07, 6.45) is 3.60. The third-order valence-electron chi connectivity index (χ3n) is 6.49. The van der Waals surface area contributed by atoms with E-state index in [1.54, 1.807) is 12.1 Å². The molecule has 0 bridgehead atoms. The van der Waals surface area contributed by atoms with Crippen molar-refractivity contribution in [3.8, 4) is 12.1 Å². The predicted molar refractivity (Wildman–Crippen MR) is 91.8 cm³/mol. The highest BCUT2D eigenvalue weighted by Gasteiger charge is 2.81. The zero-order chi connectivity index (χ0) is 17.6. The van der Waals surface area contributed by atoms with Crippen molar-refractivity contribution >= 4 is 5.78 Å². The van der Waals surface area contributed by atoms with Crippen LogP contribution in [0.2, 0.25) is 0 Å². The highest BCUT2D eigenvalue weighted by Crippen LogP contribution is 2.76. The van der Waals surface area contributed by atoms with Gasteiger partial charge in [-0.15, -0.1) is 0 Å². The molecule has 0 amide bonds. The standard InChI is InChI=1S/C21H24N2O/c1-19(2,3)16-9-11-20(12-10-16)17(13-22)21(20,14-23)18(24)15-7-5-4-6-8-15/h4-8,16-17H,9-12H2,1-3H3/t16?,17-,20?,21+/m1/s1. The first-order chi connectivity index (χ1) is 11.3. The largest absolute Gasteiger partial charge is 0.292 e. The summed E-state index contributed by atoms with van der Waals surface area (Å²) in [7, 11) is 0. The average Bonchev–Trinajstić information content (AvgIpc) is 3.14. The molecule has 0 heterocycles. The maximum absolute atomic E-state index is 13.1. The lowest BCUT2D eigenvalue weighted by atomic mass is 9.66. The Balaban J connectivity index is 1.92. The van der Waals surface area contributed by atoms with E-state index in [-0.39, 0.29) is 11.2 Å². The van der Waals surface area contributed by atoms with Gasteiger partial charge in [-0.2, -0.15) is 10.5 Å². The van der Waals surface area contributed by atoms with Crippen molar-refractivity contribution in [2.24, 2.45) is 28.1 Å². The summed E-state index contributed by atoms with van der Waals surface area (Å²) in [5, 5.41) is 19.6. The fourth-order valence-corrected chi connectivity index (χ4v) is 4.90. The van der Waals surface area contributed by atoms with Crippen molar-refractivity contribution in [1.82, 2.24) is 0 Å². The van der Waals surface area contributed by atoms with Gasteiger partial charge in [0.15, 0.2) is 5.78 Å². The van der Waals surface area contributed by atoms with Crippen LogP contribution in [0.15, 0.2) is 30.3 Å². The summed E-state index contributed by atoms with van der Waals surface area (Å²) in [5.74, 6) is -0.0405. The summed E-state index contributed by atoms with van der Waals surface area (Å²) in [4.78, 5) is 13.1. The second-order valence-electron chi connectivity index (χ2n) is 8.47. The lowest BCUT2D eigenvalue weighted by Crippen LogP contribution is -2.31. The van der Waals surface area contributed by atoms with Gasteiger partial charge in [-0.25, -0.2) is 0 Å². The number of hydrogen-bond acceptors (Lipinski definition) is 3. The van der Waals surface area contributed by atoms with Crippen molar-refractivity contribution < 1.29 is 4.79 Å². The summed E-state index contributed by atoms with van der Waals surface area (Å²) in [6.45, 7) is 6.74. The molecular weight excluding hydrogens is 296 g/mol. The Hall–Kier alpha value is -2.13. The number of hydrogen-bond donors (Lipinski definition) is 0. The van der Waals surface area contributed by atoms with E-state index in [9.17, 15) is 15.3 Å². The van der Waals surface area contributed by atoms with E-state index in [1.165, 1.54) is 0 Å². The minimum absolute atomic E-state index is 0.161. The Morgan fingerprint density at radius 2 is 1.71 bits per heavy atom. The Morgan fingerprint density at radius 3 is 2.17 bits per heavy atom. The molecule has 24 heavy (non-hydrogen) atoms. The maximum Gasteiger partial charge on any atom is 0.185 e. The van der Waals surface area contributed by atoms with Crippen LogP contribution in [-0.2, 0) is 0 Å². The molecule has 0 N–H and O–H groups in total. The van der Waals surface area contributed by atoms with Crippen LogP contribution in [0.25, 0.3) is 0 Å². The fraction of sp³-hybridized carbons (Fsp3) is 0.571. The van der Waals surface area contributed by atoms with Crippen LogP contribution >= 0.6 is 0 Å². The highest BCUT2D eigenvalue weighted by molar-refractivity contribution is 6.06. The van der Waals surface area contributed by atoms with Gasteiger partial charge in [0, 0.05) is 11.0 Å². The second-order valence-corrected chi connectivity index (χ2v) is 8.47. The number of nitriles is 2. The minimum atomic E-state index is -1.15. The van der Waals surface area contributed by atoms with E-state index in [0.717, 1.165) is 25.7 Å². The number of Topliss-reactive ketones (excluding diaryl/α,β-unsaturated/α-hetero) is 1. The Bertz CT molecular complexity index is 724. The van der Waals surface area contributed by atoms with E-state index in [2.05, 4.69) is 32.9 Å². The molecule has 124 valence electrons. The van der Waals surface area contributed by atoms with Crippen molar-refractivity contribution in [2.45, 2.75) is 46.5 Å².